The summed E-state index contributed by atoms with van der Waals surface area (Å²) in [4.78, 5) is 4.16. The molecule has 1 aromatic heterocycles. The Balaban J connectivity index is 1.44. The molecule has 3 rings (SSSR count). The van der Waals surface area contributed by atoms with Crippen molar-refractivity contribution in [2.45, 2.75) is 44.8 Å². The van der Waals surface area contributed by atoms with Crippen LogP contribution in [0.5, 0.6) is 0 Å². The second-order valence-corrected chi connectivity index (χ2v) is 6.86. The molecule has 0 fully saturated rings. The number of nitrogens with two attached hydrogens (primary N) is 1. The largest absolute Gasteiger partial charge is 0.328 e. The van der Waals surface area contributed by atoms with Crippen LogP contribution in [0.3, 0.4) is 0 Å². The zero-order chi connectivity index (χ0) is 17.5. The number of hydrogen-bond acceptors (Lipinski definition) is 3. The van der Waals surface area contributed by atoms with E-state index in [2.05, 4.69) is 71.8 Å². The van der Waals surface area contributed by atoms with Crippen LogP contribution < -0.4 is 11.1 Å². The molecule has 2 atom stereocenters. The number of hydrogen-bond donors (Lipinski definition) is 2. The molecule has 2 aromatic carbocycles. The molecule has 0 radical (unpaired) electrons. The summed E-state index contributed by atoms with van der Waals surface area (Å²) in [6, 6.07) is 19.8. The van der Waals surface area contributed by atoms with E-state index in [1.165, 1.54) is 21.9 Å². The topological polar surface area (TPSA) is 50.9 Å². The summed E-state index contributed by atoms with van der Waals surface area (Å²) in [5.41, 5.74) is 8.98. The Bertz CT molecular complexity index is 785. The molecule has 0 saturated heterocycles. The van der Waals surface area contributed by atoms with Crippen LogP contribution in [0.15, 0.2) is 67.0 Å². The highest BCUT2D eigenvalue weighted by atomic mass is 14.9. The lowest BCUT2D eigenvalue weighted by Crippen LogP contribution is -2.33. The molecular formula is C22H27N3. The predicted molar refractivity (Wildman–Crippen MR) is 105 cm³/mol. The number of rotatable bonds is 8. The molecule has 1 heterocycles. The summed E-state index contributed by atoms with van der Waals surface area (Å²) in [6.45, 7) is 3.08. The lowest BCUT2D eigenvalue weighted by atomic mass is 10.0. The quantitative estimate of drug-likeness (QED) is 0.653. The number of aromatic nitrogens is 1. The molecule has 1 unspecified atom stereocenters. The highest BCUT2D eigenvalue weighted by molar-refractivity contribution is 5.81. The van der Waals surface area contributed by atoms with Crippen molar-refractivity contribution in [1.82, 2.24) is 10.3 Å². The van der Waals surface area contributed by atoms with Gasteiger partial charge >= 0.3 is 0 Å². The molecule has 0 aliphatic carbocycles. The second kappa shape index (κ2) is 8.75. The molecule has 0 amide bonds. The molecule has 3 N–H and O–H groups in total. The Morgan fingerprint density at radius 1 is 1.00 bits per heavy atom. The van der Waals surface area contributed by atoms with Crippen LogP contribution in [0.2, 0.25) is 0 Å². The Kier molecular flexibility index (Phi) is 6.15. The number of fused-ring (bicyclic) bond motifs is 1. The van der Waals surface area contributed by atoms with Crippen LogP contribution in [0.1, 0.15) is 30.9 Å². The fourth-order valence-corrected chi connectivity index (χ4v) is 3.19. The van der Waals surface area contributed by atoms with Gasteiger partial charge in [-0.15, -0.1) is 0 Å². The third-order valence-corrected chi connectivity index (χ3v) is 4.66. The summed E-state index contributed by atoms with van der Waals surface area (Å²) in [5.74, 6) is 0. The normalized spacial score (nSPS) is 13.7. The van der Waals surface area contributed by atoms with Crippen molar-refractivity contribution in [1.29, 1.82) is 0 Å². The SMILES string of the molecule is C[C@H](CC(N)CCc1ccccc1)NCc1ccc2cnccc2c1. The maximum Gasteiger partial charge on any atom is 0.0346 e. The van der Waals surface area contributed by atoms with Crippen LogP contribution in [0.25, 0.3) is 10.8 Å². The van der Waals surface area contributed by atoms with Crippen LogP contribution in [-0.2, 0) is 13.0 Å². The molecule has 0 saturated carbocycles. The van der Waals surface area contributed by atoms with Crippen LogP contribution in [0.4, 0.5) is 0 Å². The molecule has 0 aliphatic rings. The molecule has 0 spiro atoms. The third kappa shape index (κ3) is 5.38. The van der Waals surface area contributed by atoms with Gasteiger partial charge in [-0.05, 0) is 54.8 Å². The predicted octanol–water partition coefficient (Wildman–Crippen LogP) is 4.06. The molecule has 0 aliphatic heterocycles. The summed E-state index contributed by atoms with van der Waals surface area (Å²) in [5, 5.41) is 6.02. The van der Waals surface area contributed by atoms with Gasteiger partial charge < -0.3 is 11.1 Å². The minimum atomic E-state index is 0.227. The first-order valence-corrected chi connectivity index (χ1v) is 9.06. The number of nitrogens with one attached hydrogen (secondary N) is 1. The molecule has 130 valence electrons. The van der Waals surface area contributed by atoms with Gasteiger partial charge in [-0.1, -0.05) is 42.5 Å². The maximum atomic E-state index is 6.32. The van der Waals surface area contributed by atoms with E-state index in [4.69, 9.17) is 5.73 Å². The standard InChI is InChI=1S/C22H27N3/c1-17(13-22(23)10-8-18-5-3-2-4-6-18)25-15-19-7-9-21-16-24-12-11-20(21)14-19/h2-7,9,11-12,14,16-17,22,25H,8,10,13,15,23H2,1H3/t17-,22?/m1/s1. The molecule has 3 aromatic rings. The van der Waals surface area contributed by atoms with Gasteiger partial charge in [-0.3, -0.25) is 4.98 Å². The molecule has 0 bridgehead atoms. The zero-order valence-electron chi connectivity index (χ0n) is 14.9. The average molecular weight is 333 g/mol. The van der Waals surface area contributed by atoms with E-state index in [1.807, 2.05) is 12.4 Å². The summed E-state index contributed by atoms with van der Waals surface area (Å²) >= 11 is 0. The van der Waals surface area contributed by atoms with Crippen molar-refractivity contribution < 1.29 is 0 Å². The van der Waals surface area contributed by atoms with Gasteiger partial charge in [-0.25, -0.2) is 0 Å². The smallest absolute Gasteiger partial charge is 0.0346 e. The van der Waals surface area contributed by atoms with Crippen LogP contribution >= 0.6 is 0 Å². The number of benzene rings is 2. The monoisotopic (exact) mass is 333 g/mol. The summed E-state index contributed by atoms with van der Waals surface area (Å²) < 4.78 is 0. The van der Waals surface area contributed by atoms with E-state index in [9.17, 15) is 0 Å². The first-order chi connectivity index (χ1) is 12.2. The van der Waals surface area contributed by atoms with Crippen LogP contribution in [0, 0.1) is 0 Å². The van der Waals surface area contributed by atoms with Crippen LogP contribution in [-0.4, -0.2) is 17.1 Å². The Hall–Kier alpha value is -2.23. The fraction of sp³-hybridized carbons (Fsp3) is 0.318. The van der Waals surface area contributed by atoms with Crippen molar-refractivity contribution >= 4 is 10.8 Å². The van der Waals surface area contributed by atoms with Crippen molar-refractivity contribution in [3.05, 3.63) is 78.1 Å². The number of pyridine rings is 1. The van der Waals surface area contributed by atoms with E-state index >= 15 is 0 Å². The molecule has 25 heavy (non-hydrogen) atoms. The van der Waals surface area contributed by atoms with Crippen molar-refractivity contribution in [2.75, 3.05) is 0 Å². The van der Waals surface area contributed by atoms with Gasteiger partial charge in [0.25, 0.3) is 0 Å². The third-order valence-electron chi connectivity index (χ3n) is 4.66. The fourth-order valence-electron chi connectivity index (χ4n) is 3.19. The van der Waals surface area contributed by atoms with Gasteiger partial charge in [0.15, 0.2) is 0 Å². The van der Waals surface area contributed by atoms with Gasteiger partial charge in [0.2, 0.25) is 0 Å². The Labute approximate surface area is 150 Å². The minimum absolute atomic E-state index is 0.227. The highest BCUT2D eigenvalue weighted by Crippen LogP contribution is 2.15. The molecular weight excluding hydrogens is 306 g/mol. The Morgan fingerprint density at radius 2 is 1.84 bits per heavy atom. The van der Waals surface area contributed by atoms with Crippen molar-refractivity contribution in [2.24, 2.45) is 5.73 Å². The van der Waals surface area contributed by atoms with E-state index in [1.54, 1.807) is 0 Å². The summed E-state index contributed by atoms with van der Waals surface area (Å²) in [7, 11) is 0. The lowest BCUT2D eigenvalue weighted by Gasteiger charge is -2.19. The van der Waals surface area contributed by atoms with Gasteiger partial charge in [0, 0.05) is 36.4 Å². The van der Waals surface area contributed by atoms with Gasteiger partial charge in [-0.2, -0.15) is 0 Å². The van der Waals surface area contributed by atoms with Crippen molar-refractivity contribution in [3.63, 3.8) is 0 Å². The van der Waals surface area contributed by atoms with E-state index in [0.717, 1.165) is 25.8 Å². The van der Waals surface area contributed by atoms with Crippen molar-refractivity contribution in [3.8, 4) is 0 Å². The lowest BCUT2D eigenvalue weighted by molar-refractivity contribution is 0.447. The van der Waals surface area contributed by atoms with Gasteiger partial charge in [0.05, 0.1) is 0 Å². The van der Waals surface area contributed by atoms with E-state index in [0.29, 0.717) is 6.04 Å². The molecule has 3 heteroatoms. The van der Waals surface area contributed by atoms with E-state index < -0.39 is 0 Å². The van der Waals surface area contributed by atoms with E-state index in [-0.39, 0.29) is 6.04 Å². The Morgan fingerprint density at radius 3 is 2.68 bits per heavy atom. The number of nitrogens with zero attached hydrogens (tertiary/aromatic N) is 1. The zero-order valence-corrected chi connectivity index (χ0v) is 14.9. The average Bonchev–Trinajstić information content (AvgIpc) is 2.65. The maximum absolute atomic E-state index is 6.32. The minimum Gasteiger partial charge on any atom is -0.328 e. The molecule has 3 nitrogen and oxygen atoms in total. The first-order valence-electron chi connectivity index (χ1n) is 9.06. The number of aryl methyl sites for hydroxylation is 1. The van der Waals surface area contributed by atoms with Gasteiger partial charge in [0.1, 0.15) is 0 Å². The highest BCUT2D eigenvalue weighted by Gasteiger charge is 2.09. The second-order valence-electron chi connectivity index (χ2n) is 6.86. The summed E-state index contributed by atoms with van der Waals surface area (Å²) in [6.07, 6.45) is 6.81. The first kappa shape index (κ1) is 17.6.